The summed E-state index contributed by atoms with van der Waals surface area (Å²) in [7, 11) is 0. The van der Waals surface area contributed by atoms with E-state index in [1.165, 1.54) is 25.1 Å². The molecule has 1 saturated heterocycles. The molecule has 6 nitrogen and oxygen atoms in total. The van der Waals surface area contributed by atoms with E-state index >= 15 is 0 Å². The van der Waals surface area contributed by atoms with Crippen molar-refractivity contribution in [2.24, 2.45) is 0 Å². The molecule has 1 heterocycles. The van der Waals surface area contributed by atoms with Crippen molar-refractivity contribution >= 4 is 11.9 Å². The summed E-state index contributed by atoms with van der Waals surface area (Å²) in [6.07, 6.45) is 1.84. The molecule has 1 aliphatic rings. The fourth-order valence-corrected chi connectivity index (χ4v) is 4.17. The fourth-order valence-electron chi connectivity index (χ4n) is 4.17. The fraction of sp³-hybridized carbons (Fsp3) is 0.440. The summed E-state index contributed by atoms with van der Waals surface area (Å²) in [5.41, 5.74) is 0.949. The van der Waals surface area contributed by atoms with E-state index in [0.29, 0.717) is 30.8 Å². The highest BCUT2D eigenvalue weighted by atomic mass is 19.1. The van der Waals surface area contributed by atoms with Gasteiger partial charge in [0.05, 0.1) is 24.4 Å². The Hall–Kier alpha value is -2.93. The summed E-state index contributed by atoms with van der Waals surface area (Å²) in [4.78, 5) is 23.6. The number of hydrogen-bond donors (Lipinski definition) is 2. The number of halogens is 1. The maximum atomic E-state index is 13.5. The number of carbonyl (C=O) groups excluding carboxylic acids is 1. The number of aromatic carboxylic acids is 1. The van der Waals surface area contributed by atoms with Gasteiger partial charge in [0.15, 0.2) is 0 Å². The molecule has 0 spiro atoms. The molecule has 2 aromatic carbocycles. The zero-order chi connectivity index (χ0) is 23.3. The number of benzene rings is 2. The summed E-state index contributed by atoms with van der Waals surface area (Å²) < 4.78 is 25.8. The Kier molecular flexibility index (Phi) is 7.51. The van der Waals surface area contributed by atoms with Crippen molar-refractivity contribution in [3.8, 4) is 5.75 Å². The van der Waals surface area contributed by atoms with Gasteiger partial charge in [0.2, 0.25) is 5.91 Å². The summed E-state index contributed by atoms with van der Waals surface area (Å²) in [6.45, 7) is 5.98. The summed E-state index contributed by atoms with van der Waals surface area (Å²) >= 11 is 0. The molecular weight excluding hydrogens is 413 g/mol. The number of carboxylic acid groups (broad SMARTS) is 1. The SMILES string of the molecule is CCCCOc1ccc(C(=O)O)cc1[C@H]1C[C@](C)(NC(C)=O)C[C@@H](c2ccc(F)cc2)O1. The molecule has 1 fully saturated rings. The lowest BCUT2D eigenvalue weighted by Gasteiger charge is -2.43. The van der Waals surface area contributed by atoms with Crippen LogP contribution in [0.15, 0.2) is 42.5 Å². The molecule has 0 aliphatic carbocycles. The van der Waals surface area contributed by atoms with Gasteiger partial charge in [-0.2, -0.15) is 0 Å². The number of amides is 1. The van der Waals surface area contributed by atoms with Crippen LogP contribution in [-0.2, 0) is 9.53 Å². The lowest BCUT2D eigenvalue weighted by molar-refractivity contribution is -0.126. The molecule has 1 aliphatic heterocycles. The molecule has 3 rings (SSSR count). The third-order valence-corrected chi connectivity index (χ3v) is 5.68. The minimum absolute atomic E-state index is 0.136. The molecule has 32 heavy (non-hydrogen) atoms. The van der Waals surface area contributed by atoms with Crippen molar-refractivity contribution in [1.29, 1.82) is 0 Å². The number of unbranched alkanes of at least 4 members (excludes halogenated alkanes) is 1. The van der Waals surface area contributed by atoms with Crippen LogP contribution in [0.25, 0.3) is 0 Å². The smallest absolute Gasteiger partial charge is 0.335 e. The zero-order valence-corrected chi connectivity index (χ0v) is 18.7. The Morgan fingerprint density at radius 1 is 1.19 bits per heavy atom. The second kappa shape index (κ2) is 10.1. The third kappa shape index (κ3) is 5.85. The number of hydrogen-bond acceptors (Lipinski definition) is 4. The number of rotatable bonds is 8. The number of nitrogens with one attached hydrogen (secondary N) is 1. The molecule has 0 aromatic heterocycles. The first-order valence-corrected chi connectivity index (χ1v) is 10.9. The highest BCUT2D eigenvalue weighted by Gasteiger charge is 2.41. The first-order chi connectivity index (χ1) is 15.2. The van der Waals surface area contributed by atoms with Crippen molar-refractivity contribution in [2.45, 2.75) is 64.2 Å². The Morgan fingerprint density at radius 3 is 2.50 bits per heavy atom. The standard InChI is InChI=1S/C25H30FNO5/c1-4-5-12-31-21-11-8-18(24(29)30)13-20(21)23-15-25(3,27-16(2)28)14-22(32-23)17-6-9-19(26)10-7-17/h6-11,13,22-23H,4-5,12,14-15H2,1-3H3,(H,27,28)(H,29,30)/t22-,23+,25+/m0/s1. The molecule has 1 amide bonds. The first kappa shape index (κ1) is 23.7. The van der Waals surface area contributed by atoms with Crippen LogP contribution in [0.5, 0.6) is 5.75 Å². The quantitative estimate of drug-likeness (QED) is 0.549. The molecule has 0 saturated carbocycles. The van der Waals surface area contributed by atoms with Gasteiger partial charge in [-0.3, -0.25) is 4.79 Å². The summed E-state index contributed by atoms with van der Waals surface area (Å²) in [5, 5.41) is 12.5. The number of carboxylic acids is 1. The molecule has 7 heteroatoms. The van der Waals surface area contributed by atoms with E-state index in [-0.39, 0.29) is 17.3 Å². The molecule has 2 N–H and O–H groups in total. The van der Waals surface area contributed by atoms with Gasteiger partial charge in [0, 0.05) is 30.9 Å². The molecule has 0 bridgehead atoms. The Balaban J connectivity index is 2.01. The minimum atomic E-state index is -1.04. The average Bonchev–Trinajstić information content (AvgIpc) is 2.73. The van der Waals surface area contributed by atoms with Gasteiger partial charge in [0.25, 0.3) is 0 Å². The molecular formula is C25H30FNO5. The van der Waals surface area contributed by atoms with Crippen LogP contribution in [0, 0.1) is 5.82 Å². The van der Waals surface area contributed by atoms with E-state index in [1.807, 2.05) is 6.92 Å². The monoisotopic (exact) mass is 443 g/mol. The maximum Gasteiger partial charge on any atom is 0.335 e. The van der Waals surface area contributed by atoms with E-state index in [2.05, 4.69) is 12.2 Å². The molecule has 2 aromatic rings. The van der Waals surface area contributed by atoms with E-state index in [1.54, 1.807) is 24.3 Å². The van der Waals surface area contributed by atoms with Gasteiger partial charge in [0.1, 0.15) is 11.6 Å². The van der Waals surface area contributed by atoms with Gasteiger partial charge in [-0.1, -0.05) is 25.5 Å². The Morgan fingerprint density at radius 2 is 1.88 bits per heavy atom. The largest absolute Gasteiger partial charge is 0.493 e. The van der Waals surface area contributed by atoms with Crippen LogP contribution in [0.3, 0.4) is 0 Å². The second-order valence-corrected chi connectivity index (χ2v) is 8.57. The van der Waals surface area contributed by atoms with Crippen LogP contribution in [-0.4, -0.2) is 29.1 Å². The van der Waals surface area contributed by atoms with E-state index in [4.69, 9.17) is 9.47 Å². The molecule has 172 valence electrons. The van der Waals surface area contributed by atoms with Crippen LogP contribution in [0.2, 0.25) is 0 Å². The molecule has 0 unspecified atom stereocenters. The van der Waals surface area contributed by atoms with Crippen molar-refractivity contribution < 1.29 is 28.6 Å². The van der Waals surface area contributed by atoms with Crippen molar-refractivity contribution in [2.75, 3.05) is 6.61 Å². The lowest BCUT2D eigenvalue weighted by atomic mass is 9.81. The predicted molar refractivity (Wildman–Crippen MR) is 118 cm³/mol. The maximum absolute atomic E-state index is 13.5. The summed E-state index contributed by atoms with van der Waals surface area (Å²) in [5.74, 6) is -0.975. The van der Waals surface area contributed by atoms with Gasteiger partial charge in [-0.05, 0) is 49.2 Å². The third-order valence-electron chi connectivity index (χ3n) is 5.68. The normalized spacial score (nSPS) is 22.9. The minimum Gasteiger partial charge on any atom is -0.493 e. The van der Waals surface area contributed by atoms with Crippen molar-refractivity contribution in [3.05, 3.63) is 65.0 Å². The first-order valence-electron chi connectivity index (χ1n) is 10.9. The van der Waals surface area contributed by atoms with E-state index < -0.39 is 23.7 Å². The zero-order valence-electron chi connectivity index (χ0n) is 18.7. The van der Waals surface area contributed by atoms with Crippen molar-refractivity contribution in [1.82, 2.24) is 5.32 Å². The topological polar surface area (TPSA) is 84.9 Å². The van der Waals surface area contributed by atoms with Crippen LogP contribution in [0.1, 0.15) is 80.1 Å². The van der Waals surface area contributed by atoms with Crippen molar-refractivity contribution in [3.63, 3.8) is 0 Å². The van der Waals surface area contributed by atoms with Gasteiger partial charge < -0.3 is 19.9 Å². The second-order valence-electron chi connectivity index (χ2n) is 8.57. The van der Waals surface area contributed by atoms with Crippen LogP contribution >= 0.6 is 0 Å². The summed E-state index contributed by atoms with van der Waals surface area (Å²) in [6, 6.07) is 10.8. The van der Waals surface area contributed by atoms with Gasteiger partial charge in [-0.25, -0.2) is 9.18 Å². The highest BCUT2D eigenvalue weighted by molar-refractivity contribution is 5.88. The number of carbonyl (C=O) groups is 2. The van der Waals surface area contributed by atoms with Crippen LogP contribution < -0.4 is 10.1 Å². The van der Waals surface area contributed by atoms with E-state index in [0.717, 1.165) is 18.4 Å². The Bertz CT molecular complexity index is 961. The lowest BCUT2D eigenvalue weighted by Crippen LogP contribution is -2.50. The molecule has 3 atom stereocenters. The molecule has 0 radical (unpaired) electrons. The highest BCUT2D eigenvalue weighted by Crippen LogP contribution is 2.46. The Labute approximate surface area is 187 Å². The van der Waals surface area contributed by atoms with Crippen LogP contribution in [0.4, 0.5) is 4.39 Å². The average molecular weight is 444 g/mol. The number of ether oxygens (including phenoxy) is 2. The predicted octanol–water partition coefficient (Wildman–Crippen LogP) is 5.19. The van der Waals surface area contributed by atoms with Gasteiger partial charge >= 0.3 is 5.97 Å². The van der Waals surface area contributed by atoms with Gasteiger partial charge in [-0.15, -0.1) is 0 Å². The van der Waals surface area contributed by atoms with E-state index in [9.17, 15) is 19.1 Å².